The highest BCUT2D eigenvalue weighted by atomic mass is 15.1. The maximum atomic E-state index is 2.64. The number of nitrogens with zero attached hydrogens (tertiary/aromatic N) is 1. The standard InChI is InChI=1S/C72H65N/c1-68(2,3)46-33-37-61-56(42-46)57-43-47(69(4,5)6)34-38-62(57)72(61)60-30-15-12-25-55(60)66-63(72)31-20-32-65(66)73(49-35-36-53-51-23-11-14-29-59(51)71(64(53)44-49)39-16-9-17-40-71)48-22-18-21-45(41-48)50-26-19-27-54-52-24-10-13-28-58(52)70(7,8)67(50)54/h10-15,18-38,41-44H,9,16-17,39-40H2,1-8H3. The van der Waals surface area contributed by atoms with E-state index in [2.05, 4.69) is 248 Å². The summed E-state index contributed by atoms with van der Waals surface area (Å²) in [4.78, 5) is 2.64. The summed E-state index contributed by atoms with van der Waals surface area (Å²) >= 11 is 0. The minimum atomic E-state index is -0.496. The third-order valence-corrected chi connectivity index (χ3v) is 18.4. The second kappa shape index (κ2) is 15.4. The van der Waals surface area contributed by atoms with Crippen molar-refractivity contribution >= 4 is 17.1 Å². The SMILES string of the molecule is CC(C)(C)c1ccc2c(c1)-c1cc(C(C)(C)C)ccc1C21c2ccccc2-c2c(N(c3cccc(-c4cccc5c4C(C)(C)c4ccccc4-5)c3)c3ccc4c(c3)C3(CCCCC3)c3ccccc3-4)cccc21. The van der Waals surface area contributed by atoms with Crippen LogP contribution in [0.1, 0.15) is 143 Å². The Labute approximate surface area is 433 Å². The van der Waals surface area contributed by atoms with E-state index in [1.807, 2.05) is 0 Å². The first-order chi connectivity index (χ1) is 35.2. The molecule has 0 amide bonds. The van der Waals surface area contributed by atoms with Gasteiger partial charge in [0.1, 0.15) is 0 Å². The van der Waals surface area contributed by atoms with Crippen molar-refractivity contribution in [3.63, 3.8) is 0 Å². The van der Waals surface area contributed by atoms with E-state index in [9.17, 15) is 0 Å². The van der Waals surface area contributed by atoms with E-state index in [0.29, 0.717) is 0 Å². The summed E-state index contributed by atoms with van der Waals surface area (Å²) in [6.07, 6.45) is 6.20. The molecule has 14 rings (SSSR count). The van der Waals surface area contributed by atoms with Crippen molar-refractivity contribution in [3.05, 3.63) is 244 Å². The van der Waals surface area contributed by atoms with E-state index in [4.69, 9.17) is 0 Å². The van der Waals surface area contributed by atoms with E-state index in [1.165, 1.54) is 160 Å². The lowest BCUT2D eigenvalue weighted by Gasteiger charge is -2.37. The topological polar surface area (TPSA) is 3.24 Å². The first-order valence-corrected chi connectivity index (χ1v) is 27.1. The number of hydrogen-bond donors (Lipinski definition) is 0. The smallest absolute Gasteiger partial charge is 0.0726 e. The van der Waals surface area contributed by atoms with Gasteiger partial charge in [0.15, 0.2) is 0 Å². The van der Waals surface area contributed by atoms with E-state index < -0.39 is 5.41 Å². The van der Waals surface area contributed by atoms with Crippen LogP contribution in [0.3, 0.4) is 0 Å². The lowest BCUT2D eigenvalue weighted by molar-refractivity contribution is 0.353. The average molecular weight is 944 g/mol. The Morgan fingerprint density at radius 3 is 1.58 bits per heavy atom. The Hall–Kier alpha value is -7.22. The zero-order valence-electron chi connectivity index (χ0n) is 43.9. The van der Waals surface area contributed by atoms with Crippen LogP contribution in [-0.2, 0) is 27.1 Å². The van der Waals surface area contributed by atoms with Gasteiger partial charge in [-0.2, -0.15) is 0 Å². The van der Waals surface area contributed by atoms with Crippen LogP contribution >= 0.6 is 0 Å². The molecular weight excluding hydrogens is 879 g/mol. The molecule has 0 radical (unpaired) electrons. The maximum absolute atomic E-state index is 2.64. The number of rotatable bonds is 4. The monoisotopic (exact) mass is 944 g/mol. The minimum absolute atomic E-state index is 0.00722. The summed E-state index contributed by atoms with van der Waals surface area (Å²) in [6, 6.07) is 73.9. The van der Waals surface area contributed by atoms with Gasteiger partial charge in [0.05, 0.1) is 11.1 Å². The van der Waals surface area contributed by atoms with Crippen LogP contribution < -0.4 is 4.90 Å². The largest absolute Gasteiger partial charge is 0.310 e. The van der Waals surface area contributed by atoms with Crippen LogP contribution in [0.2, 0.25) is 0 Å². The van der Waals surface area contributed by atoms with Crippen molar-refractivity contribution in [2.75, 3.05) is 4.90 Å². The molecule has 5 aliphatic carbocycles. The number of fused-ring (bicyclic) bond motifs is 18. The third-order valence-electron chi connectivity index (χ3n) is 18.4. The van der Waals surface area contributed by atoms with Crippen molar-refractivity contribution in [3.8, 4) is 55.6 Å². The molecule has 9 aromatic rings. The zero-order chi connectivity index (χ0) is 49.8. The van der Waals surface area contributed by atoms with Crippen molar-refractivity contribution in [1.29, 1.82) is 0 Å². The minimum Gasteiger partial charge on any atom is -0.310 e. The van der Waals surface area contributed by atoms with E-state index >= 15 is 0 Å². The van der Waals surface area contributed by atoms with Crippen molar-refractivity contribution < 1.29 is 0 Å². The summed E-state index contributed by atoms with van der Waals surface area (Å²) in [5, 5.41) is 0. The van der Waals surface area contributed by atoms with Gasteiger partial charge in [-0.05, 0) is 160 Å². The molecule has 1 saturated carbocycles. The summed E-state index contributed by atoms with van der Waals surface area (Å²) in [6.45, 7) is 18.9. The van der Waals surface area contributed by atoms with Gasteiger partial charge in [-0.25, -0.2) is 0 Å². The molecule has 0 unspecified atom stereocenters. The van der Waals surface area contributed by atoms with Gasteiger partial charge in [0.2, 0.25) is 0 Å². The Balaban J connectivity index is 1.04. The molecule has 358 valence electrons. The molecule has 0 atom stereocenters. The van der Waals surface area contributed by atoms with Crippen molar-refractivity contribution in [2.45, 2.75) is 115 Å². The van der Waals surface area contributed by atoms with Gasteiger partial charge in [0.25, 0.3) is 0 Å². The molecule has 2 spiro atoms. The van der Waals surface area contributed by atoms with Gasteiger partial charge < -0.3 is 4.90 Å². The Kier molecular flexibility index (Phi) is 9.39. The highest BCUT2D eigenvalue weighted by molar-refractivity contribution is 6.02. The Morgan fingerprint density at radius 2 is 0.890 bits per heavy atom. The molecule has 1 heteroatoms. The fourth-order valence-corrected chi connectivity index (χ4v) is 14.9. The van der Waals surface area contributed by atoms with E-state index in [-0.39, 0.29) is 21.7 Å². The first-order valence-electron chi connectivity index (χ1n) is 27.1. The predicted octanol–water partition coefficient (Wildman–Crippen LogP) is 19.3. The Morgan fingerprint density at radius 1 is 0.370 bits per heavy atom. The molecule has 0 heterocycles. The predicted molar refractivity (Wildman–Crippen MR) is 307 cm³/mol. The lowest BCUT2D eigenvalue weighted by Crippen LogP contribution is -2.28. The number of benzene rings is 9. The zero-order valence-corrected chi connectivity index (χ0v) is 43.9. The van der Waals surface area contributed by atoms with Crippen molar-refractivity contribution in [1.82, 2.24) is 0 Å². The maximum Gasteiger partial charge on any atom is 0.0726 e. The second-order valence-electron chi connectivity index (χ2n) is 24.7. The molecular formula is C72H65N. The van der Waals surface area contributed by atoms with Gasteiger partial charge in [0, 0.05) is 27.8 Å². The first kappa shape index (κ1) is 44.5. The summed E-state index contributed by atoms with van der Waals surface area (Å²) in [5.41, 5.74) is 30.5. The highest BCUT2D eigenvalue weighted by Gasteiger charge is 2.53. The normalized spacial score (nSPS) is 16.5. The van der Waals surface area contributed by atoms with Gasteiger partial charge >= 0.3 is 0 Å². The molecule has 0 aliphatic heterocycles. The fourth-order valence-electron chi connectivity index (χ4n) is 14.9. The van der Waals surface area contributed by atoms with Crippen LogP contribution in [0.15, 0.2) is 188 Å². The van der Waals surface area contributed by atoms with Crippen LogP contribution in [0.4, 0.5) is 17.1 Å². The highest BCUT2D eigenvalue weighted by Crippen LogP contribution is 2.66. The fraction of sp³-hybridized carbons (Fsp3) is 0.250. The van der Waals surface area contributed by atoms with Crippen LogP contribution in [-0.4, -0.2) is 0 Å². The third kappa shape index (κ3) is 6.09. The summed E-state index contributed by atoms with van der Waals surface area (Å²) in [7, 11) is 0. The molecule has 0 N–H and O–H groups in total. The molecule has 9 aromatic carbocycles. The lowest BCUT2D eigenvalue weighted by atomic mass is 9.68. The molecule has 73 heavy (non-hydrogen) atoms. The van der Waals surface area contributed by atoms with Crippen molar-refractivity contribution in [2.24, 2.45) is 0 Å². The van der Waals surface area contributed by atoms with Gasteiger partial charge in [-0.1, -0.05) is 232 Å². The van der Waals surface area contributed by atoms with Gasteiger partial charge in [-0.15, -0.1) is 0 Å². The van der Waals surface area contributed by atoms with E-state index in [1.54, 1.807) is 0 Å². The quantitative estimate of drug-likeness (QED) is 0.170. The number of hydrogen-bond acceptors (Lipinski definition) is 1. The molecule has 5 aliphatic rings. The molecule has 0 bridgehead atoms. The van der Waals surface area contributed by atoms with E-state index in [0.717, 1.165) is 0 Å². The average Bonchev–Trinajstić information content (AvgIpc) is 4.04. The molecule has 1 fully saturated rings. The van der Waals surface area contributed by atoms with Crippen LogP contribution in [0.5, 0.6) is 0 Å². The van der Waals surface area contributed by atoms with Crippen LogP contribution in [0.25, 0.3) is 55.6 Å². The summed E-state index contributed by atoms with van der Waals surface area (Å²) < 4.78 is 0. The number of anilines is 3. The van der Waals surface area contributed by atoms with Crippen LogP contribution in [0, 0.1) is 0 Å². The summed E-state index contributed by atoms with van der Waals surface area (Å²) in [5.74, 6) is 0. The molecule has 0 saturated heterocycles. The second-order valence-corrected chi connectivity index (χ2v) is 24.7. The van der Waals surface area contributed by atoms with Gasteiger partial charge in [-0.3, -0.25) is 0 Å². The Bertz CT molecular complexity index is 3720. The molecule has 0 aromatic heterocycles. The molecule has 1 nitrogen and oxygen atoms in total.